The van der Waals surface area contributed by atoms with Crippen LogP contribution >= 0.6 is 11.6 Å². The van der Waals surface area contributed by atoms with Gasteiger partial charge in [-0.05, 0) is 25.0 Å². The number of hydrogen-bond acceptors (Lipinski definition) is 2. The van der Waals surface area contributed by atoms with Crippen LogP contribution in [0.1, 0.15) is 41.4 Å². The van der Waals surface area contributed by atoms with E-state index in [1.807, 2.05) is 10.6 Å². The van der Waals surface area contributed by atoms with Gasteiger partial charge in [0.05, 0.1) is 11.1 Å². The number of carboxylic acid groups (broad SMARTS) is 1. The SMILES string of the molecule is O=C(O)c1cccn2c(C3CCC3)nc(Cl)c12. The molecule has 3 rings (SSSR count). The fourth-order valence-electron chi connectivity index (χ4n) is 2.24. The Balaban J connectivity index is 2.27. The first-order valence-electron chi connectivity index (χ1n) is 5.58. The lowest BCUT2D eigenvalue weighted by Gasteiger charge is -2.23. The van der Waals surface area contributed by atoms with Crippen LogP contribution in [0.25, 0.3) is 5.52 Å². The molecular formula is C12H11ClN2O2. The van der Waals surface area contributed by atoms with Gasteiger partial charge >= 0.3 is 5.97 Å². The minimum absolute atomic E-state index is 0.204. The highest BCUT2D eigenvalue weighted by Crippen LogP contribution is 2.37. The maximum Gasteiger partial charge on any atom is 0.337 e. The Hall–Kier alpha value is -1.55. The molecule has 0 unspecified atom stereocenters. The van der Waals surface area contributed by atoms with E-state index in [1.165, 1.54) is 6.42 Å². The van der Waals surface area contributed by atoms with Gasteiger partial charge in [0.2, 0.25) is 0 Å². The third-order valence-corrected chi connectivity index (χ3v) is 3.61. The average Bonchev–Trinajstić information content (AvgIpc) is 2.54. The maximum absolute atomic E-state index is 11.1. The highest BCUT2D eigenvalue weighted by molar-refractivity contribution is 6.33. The molecule has 0 aliphatic heterocycles. The standard InChI is InChI=1S/C12H11ClN2O2/c13-10-9-8(12(16)17)5-2-6-15(9)11(14-10)7-3-1-4-7/h2,5-7H,1,3-4H2,(H,16,17). The first kappa shape index (κ1) is 10.6. The average molecular weight is 251 g/mol. The lowest BCUT2D eigenvalue weighted by Crippen LogP contribution is -2.12. The summed E-state index contributed by atoms with van der Waals surface area (Å²) in [6.45, 7) is 0. The molecule has 1 N–H and O–H groups in total. The molecule has 88 valence electrons. The van der Waals surface area contributed by atoms with Gasteiger partial charge in [0, 0.05) is 12.1 Å². The van der Waals surface area contributed by atoms with Gasteiger partial charge in [0.25, 0.3) is 0 Å². The highest BCUT2D eigenvalue weighted by atomic mass is 35.5. The molecule has 2 aromatic heterocycles. The first-order chi connectivity index (χ1) is 8.18. The molecule has 0 atom stereocenters. The van der Waals surface area contributed by atoms with E-state index in [9.17, 15) is 4.79 Å². The molecule has 1 aliphatic carbocycles. The van der Waals surface area contributed by atoms with Crippen LogP contribution in [0.3, 0.4) is 0 Å². The number of fused-ring (bicyclic) bond motifs is 1. The molecule has 1 saturated carbocycles. The predicted octanol–water partition coefficient (Wildman–Crippen LogP) is 2.95. The monoisotopic (exact) mass is 250 g/mol. The fraction of sp³-hybridized carbons (Fsp3) is 0.333. The smallest absolute Gasteiger partial charge is 0.337 e. The van der Waals surface area contributed by atoms with Crippen LogP contribution in [-0.4, -0.2) is 20.5 Å². The summed E-state index contributed by atoms with van der Waals surface area (Å²) < 4.78 is 1.82. The van der Waals surface area contributed by atoms with Crippen molar-refractivity contribution in [1.29, 1.82) is 0 Å². The second-order valence-electron chi connectivity index (χ2n) is 4.33. The van der Waals surface area contributed by atoms with Crippen molar-refractivity contribution in [2.24, 2.45) is 0 Å². The van der Waals surface area contributed by atoms with Crippen molar-refractivity contribution in [2.75, 3.05) is 0 Å². The quantitative estimate of drug-likeness (QED) is 0.892. The minimum Gasteiger partial charge on any atom is -0.478 e. The molecule has 0 amide bonds. The number of nitrogens with zero attached hydrogens (tertiary/aromatic N) is 2. The Labute approximate surface area is 103 Å². The Morgan fingerprint density at radius 1 is 1.53 bits per heavy atom. The molecular weight excluding hydrogens is 240 g/mol. The predicted molar refractivity (Wildman–Crippen MR) is 63.8 cm³/mol. The number of carbonyl (C=O) groups is 1. The van der Waals surface area contributed by atoms with Crippen molar-refractivity contribution in [3.63, 3.8) is 0 Å². The molecule has 4 nitrogen and oxygen atoms in total. The van der Waals surface area contributed by atoms with Crippen LogP contribution in [0.5, 0.6) is 0 Å². The van der Waals surface area contributed by atoms with Gasteiger partial charge < -0.3 is 9.51 Å². The Kier molecular flexibility index (Phi) is 2.33. The lowest BCUT2D eigenvalue weighted by molar-refractivity contribution is 0.0698. The highest BCUT2D eigenvalue weighted by Gasteiger charge is 2.26. The molecule has 2 aromatic rings. The summed E-state index contributed by atoms with van der Waals surface area (Å²) in [5, 5.41) is 9.41. The fourth-order valence-corrected chi connectivity index (χ4v) is 2.52. The summed E-state index contributed by atoms with van der Waals surface area (Å²) in [6, 6.07) is 3.27. The number of halogens is 1. The summed E-state index contributed by atoms with van der Waals surface area (Å²) >= 11 is 6.06. The summed E-state index contributed by atoms with van der Waals surface area (Å²) in [6.07, 6.45) is 5.24. The second-order valence-corrected chi connectivity index (χ2v) is 4.69. The van der Waals surface area contributed by atoms with E-state index < -0.39 is 5.97 Å². The van der Waals surface area contributed by atoms with E-state index in [0.717, 1.165) is 18.7 Å². The lowest BCUT2D eigenvalue weighted by atomic mass is 9.85. The van der Waals surface area contributed by atoms with Crippen LogP contribution in [0.2, 0.25) is 5.15 Å². The zero-order valence-electron chi connectivity index (χ0n) is 9.06. The Morgan fingerprint density at radius 3 is 2.88 bits per heavy atom. The molecule has 0 radical (unpaired) electrons. The Bertz CT molecular complexity index is 602. The molecule has 1 aliphatic rings. The zero-order chi connectivity index (χ0) is 12.0. The summed E-state index contributed by atoms with van der Waals surface area (Å²) in [5.41, 5.74) is 0.708. The van der Waals surface area contributed by atoms with E-state index in [-0.39, 0.29) is 10.7 Å². The largest absolute Gasteiger partial charge is 0.478 e. The number of carboxylic acids is 1. The number of pyridine rings is 1. The minimum atomic E-state index is -0.974. The number of hydrogen-bond donors (Lipinski definition) is 1. The van der Waals surface area contributed by atoms with Crippen molar-refractivity contribution < 1.29 is 9.90 Å². The van der Waals surface area contributed by atoms with Gasteiger partial charge in [-0.1, -0.05) is 18.0 Å². The van der Waals surface area contributed by atoms with Crippen molar-refractivity contribution in [1.82, 2.24) is 9.38 Å². The van der Waals surface area contributed by atoms with E-state index in [0.29, 0.717) is 11.4 Å². The van der Waals surface area contributed by atoms with E-state index >= 15 is 0 Å². The number of imidazole rings is 1. The maximum atomic E-state index is 11.1. The van der Waals surface area contributed by atoms with E-state index in [1.54, 1.807) is 12.1 Å². The van der Waals surface area contributed by atoms with Gasteiger partial charge in [-0.15, -0.1) is 0 Å². The van der Waals surface area contributed by atoms with Gasteiger partial charge in [0.15, 0.2) is 5.15 Å². The Morgan fingerprint density at radius 2 is 2.29 bits per heavy atom. The van der Waals surface area contributed by atoms with Gasteiger partial charge in [-0.2, -0.15) is 0 Å². The summed E-state index contributed by atoms with van der Waals surface area (Å²) in [4.78, 5) is 15.4. The van der Waals surface area contributed by atoms with E-state index in [2.05, 4.69) is 4.98 Å². The van der Waals surface area contributed by atoms with Gasteiger partial charge in [-0.3, -0.25) is 0 Å². The van der Waals surface area contributed by atoms with Gasteiger partial charge in [-0.25, -0.2) is 9.78 Å². The summed E-state index contributed by atoms with van der Waals surface area (Å²) in [7, 11) is 0. The molecule has 0 saturated heterocycles. The van der Waals surface area contributed by atoms with Gasteiger partial charge in [0.1, 0.15) is 5.82 Å². The van der Waals surface area contributed by atoms with Crippen LogP contribution in [0.4, 0.5) is 0 Å². The van der Waals surface area contributed by atoms with Crippen molar-refractivity contribution in [3.05, 3.63) is 34.9 Å². The molecule has 0 aromatic carbocycles. The molecule has 5 heteroatoms. The second kappa shape index (κ2) is 3.74. The molecule has 0 spiro atoms. The van der Waals surface area contributed by atoms with E-state index in [4.69, 9.17) is 16.7 Å². The number of rotatable bonds is 2. The third-order valence-electron chi connectivity index (χ3n) is 3.35. The van der Waals surface area contributed by atoms with Crippen LogP contribution in [0, 0.1) is 0 Å². The number of aromatic nitrogens is 2. The topological polar surface area (TPSA) is 54.6 Å². The normalized spacial score (nSPS) is 16.1. The van der Waals surface area contributed by atoms with Crippen molar-refractivity contribution in [2.45, 2.75) is 25.2 Å². The summed E-state index contributed by atoms with van der Waals surface area (Å²) in [5.74, 6) is 0.330. The third kappa shape index (κ3) is 1.52. The molecule has 17 heavy (non-hydrogen) atoms. The molecule has 2 heterocycles. The molecule has 1 fully saturated rings. The van der Waals surface area contributed by atoms with Crippen LogP contribution in [0.15, 0.2) is 18.3 Å². The first-order valence-corrected chi connectivity index (χ1v) is 5.96. The molecule has 0 bridgehead atoms. The van der Waals surface area contributed by atoms with Crippen LogP contribution < -0.4 is 0 Å². The van der Waals surface area contributed by atoms with Crippen LogP contribution in [-0.2, 0) is 0 Å². The van der Waals surface area contributed by atoms with Crippen molar-refractivity contribution >= 4 is 23.1 Å². The van der Waals surface area contributed by atoms with Crippen molar-refractivity contribution in [3.8, 4) is 0 Å². The number of aromatic carboxylic acids is 1. The zero-order valence-corrected chi connectivity index (χ0v) is 9.81.